The number of hydrogen-bond donors (Lipinski definition) is 3. The third kappa shape index (κ3) is 2.59. The topological polar surface area (TPSA) is 108 Å². The van der Waals surface area contributed by atoms with Crippen LogP contribution in [0.15, 0.2) is 18.2 Å². The summed E-state index contributed by atoms with van der Waals surface area (Å²) in [6.45, 7) is 3.49. The van der Waals surface area contributed by atoms with Crippen molar-refractivity contribution in [2.24, 2.45) is 0 Å². The van der Waals surface area contributed by atoms with E-state index in [0.29, 0.717) is 11.4 Å². The SMILES string of the molecule is Cc1nnc(NC(=O)c2cccc(O)c2O)nc1C. The van der Waals surface area contributed by atoms with Gasteiger partial charge in [-0.15, -0.1) is 5.10 Å². The summed E-state index contributed by atoms with van der Waals surface area (Å²) in [5, 5.41) is 28.8. The van der Waals surface area contributed by atoms with Crippen LogP contribution in [-0.4, -0.2) is 31.3 Å². The number of carbonyl (C=O) groups excluding carboxylic acids is 1. The molecule has 3 N–H and O–H groups in total. The number of phenolic OH excluding ortho intramolecular Hbond substituents is 2. The second-order valence-corrected chi connectivity index (χ2v) is 3.93. The zero-order valence-electron chi connectivity index (χ0n) is 10.4. The van der Waals surface area contributed by atoms with E-state index in [0.717, 1.165) is 0 Å². The van der Waals surface area contributed by atoms with Crippen molar-refractivity contribution in [1.29, 1.82) is 0 Å². The van der Waals surface area contributed by atoms with E-state index >= 15 is 0 Å². The van der Waals surface area contributed by atoms with Crippen LogP contribution in [0.25, 0.3) is 0 Å². The zero-order valence-corrected chi connectivity index (χ0v) is 10.4. The van der Waals surface area contributed by atoms with E-state index in [4.69, 9.17) is 0 Å². The van der Waals surface area contributed by atoms with Gasteiger partial charge in [-0.1, -0.05) is 6.07 Å². The molecule has 1 aromatic carbocycles. The fraction of sp³-hybridized carbons (Fsp3) is 0.167. The van der Waals surface area contributed by atoms with Gasteiger partial charge >= 0.3 is 0 Å². The van der Waals surface area contributed by atoms with E-state index in [-0.39, 0.29) is 17.3 Å². The van der Waals surface area contributed by atoms with E-state index in [1.54, 1.807) is 13.8 Å². The Morgan fingerprint density at radius 1 is 1.16 bits per heavy atom. The number of nitrogens with zero attached hydrogens (tertiary/aromatic N) is 3. The number of aryl methyl sites for hydroxylation is 2. The molecule has 98 valence electrons. The summed E-state index contributed by atoms with van der Waals surface area (Å²) in [5.74, 6) is -1.45. The quantitative estimate of drug-likeness (QED) is 0.699. The first-order valence-electron chi connectivity index (χ1n) is 5.49. The molecule has 0 spiro atoms. The molecule has 0 radical (unpaired) electrons. The molecule has 0 unspecified atom stereocenters. The van der Waals surface area contributed by atoms with Gasteiger partial charge in [0, 0.05) is 0 Å². The molecule has 7 nitrogen and oxygen atoms in total. The van der Waals surface area contributed by atoms with Crippen LogP contribution in [0.3, 0.4) is 0 Å². The molecule has 19 heavy (non-hydrogen) atoms. The Morgan fingerprint density at radius 2 is 1.89 bits per heavy atom. The average Bonchev–Trinajstić information content (AvgIpc) is 2.37. The molecule has 0 fully saturated rings. The number of aromatic hydroxyl groups is 2. The standard InChI is InChI=1S/C12H12N4O3/c1-6-7(2)15-16-12(13-6)14-11(19)8-4-3-5-9(17)10(8)18/h3-5,17-18H,1-2H3,(H,13,14,16,19). The number of carbonyl (C=O) groups is 1. The Morgan fingerprint density at radius 3 is 2.58 bits per heavy atom. The summed E-state index contributed by atoms with van der Waals surface area (Å²) >= 11 is 0. The van der Waals surface area contributed by atoms with Crippen LogP contribution in [0.5, 0.6) is 11.5 Å². The Kier molecular flexibility index (Phi) is 3.28. The Labute approximate surface area is 109 Å². The average molecular weight is 260 g/mol. The summed E-state index contributed by atoms with van der Waals surface area (Å²) in [5.41, 5.74) is 1.24. The van der Waals surface area contributed by atoms with Gasteiger partial charge in [-0.25, -0.2) is 4.98 Å². The third-order valence-electron chi connectivity index (χ3n) is 2.58. The summed E-state index contributed by atoms with van der Waals surface area (Å²) in [6, 6.07) is 4.10. The van der Waals surface area contributed by atoms with Crippen LogP contribution >= 0.6 is 0 Å². The summed E-state index contributed by atoms with van der Waals surface area (Å²) < 4.78 is 0. The molecule has 1 heterocycles. The third-order valence-corrected chi connectivity index (χ3v) is 2.58. The molecule has 0 aliphatic heterocycles. The minimum absolute atomic E-state index is 0.0378. The van der Waals surface area contributed by atoms with Gasteiger partial charge in [0.1, 0.15) is 0 Å². The maximum atomic E-state index is 11.9. The normalized spacial score (nSPS) is 10.2. The smallest absolute Gasteiger partial charge is 0.261 e. The largest absolute Gasteiger partial charge is 0.504 e. The van der Waals surface area contributed by atoms with Gasteiger partial charge in [-0.05, 0) is 26.0 Å². The van der Waals surface area contributed by atoms with E-state index < -0.39 is 11.7 Å². The molecule has 0 aliphatic carbocycles. The number of benzene rings is 1. The van der Waals surface area contributed by atoms with Gasteiger partial charge in [-0.3, -0.25) is 10.1 Å². The first-order chi connectivity index (χ1) is 8.99. The molecule has 1 aromatic heterocycles. The maximum Gasteiger partial charge on any atom is 0.261 e. The molecule has 0 saturated carbocycles. The van der Waals surface area contributed by atoms with Crippen molar-refractivity contribution in [2.45, 2.75) is 13.8 Å². The molecular formula is C12H12N4O3. The van der Waals surface area contributed by atoms with Crippen LogP contribution in [-0.2, 0) is 0 Å². The lowest BCUT2D eigenvalue weighted by Crippen LogP contribution is -2.15. The number of hydrogen-bond acceptors (Lipinski definition) is 6. The van der Waals surface area contributed by atoms with Crippen molar-refractivity contribution in [3.05, 3.63) is 35.2 Å². The number of phenols is 2. The minimum atomic E-state index is -0.626. The van der Waals surface area contributed by atoms with Gasteiger partial charge in [-0.2, -0.15) is 5.10 Å². The van der Waals surface area contributed by atoms with E-state index in [1.807, 2.05) is 0 Å². The number of anilines is 1. The predicted molar refractivity (Wildman–Crippen MR) is 67.0 cm³/mol. The lowest BCUT2D eigenvalue weighted by molar-refractivity contribution is 0.102. The van der Waals surface area contributed by atoms with Gasteiger partial charge in [0.15, 0.2) is 11.5 Å². The second kappa shape index (κ2) is 4.89. The predicted octanol–water partition coefficient (Wildman–Crippen LogP) is 1.15. The van der Waals surface area contributed by atoms with Crippen molar-refractivity contribution < 1.29 is 15.0 Å². The van der Waals surface area contributed by atoms with Crippen LogP contribution in [0.4, 0.5) is 5.95 Å². The maximum absolute atomic E-state index is 11.9. The highest BCUT2D eigenvalue weighted by molar-refractivity contribution is 6.05. The van der Waals surface area contributed by atoms with Crippen LogP contribution in [0.2, 0.25) is 0 Å². The molecule has 2 aromatic rings. The Hall–Kier alpha value is -2.70. The van der Waals surface area contributed by atoms with Gasteiger partial charge in [0.05, 0.1) is 17.0 Å². The molecular weight excluding hydrogens is 248 g/mol. The Balaban J connectivity index is 2.26. The number of amides is 1. The lowest BCUT2D eigenvalue weighted by atomic mass is 10.2. The summed E-state index contributed by atoms with van der Waals surface area (Å²) in [4.78, 5) is 15.9. The van der Waals surface area contributed by atoms with Crippen molar-refractivity contribution in [3.63, 3.8) is 0 Å². The number of nitrogens with one attached hydrogen (secondary N) is 1. The fourth-order valence-corrected chi connectivity index (χ4v) is 1.39. The van der Waals surface area contributed by atoms with E-state index in [9.17, 15) is 15.0 Å². The molecule has 0 saturated heterocycles. The van der Waals surface area contributed by atoms with Gasteiger partial charge < -0.3 is 10.2 Å². The minimum Gasteiger partial charge on any atom is -0.504 e. The van der Waals surface area contributed by atoms with Crippen molar-refractivity contribution >= 4 is 11.9 Å². The van der Waals surface area contributed by atoms with E-state index in [1.165, 1.54) is 18.2 Å². The molecule has 0 aliphatic rings. The second-order valence-electron chi connectivity index (χ2n) is 3.93. The highest BCUT2D eigenvalue weighted by Gasteiger charge is 2.15. The molecule has 7 heteroatoms. The molecule has 0 bridgehead atoms. The molecule has 2 rings (SSSR count). The van der Waals surface area contributed by atoms with Crippen molar-refractivity contribution in [1.82, 2.24) is 15.2 Å². The van der Waals surface area contributed by atoms with Crippen molar-refractivity contribution in [2.75, 3.05) is 5.32 Å². The van der Waals surface area contributed by atoms with E-state index in [2.05, 4.69) is 20.5 Å². The number of rotatable bonds is 2. The van der Waals surface area contributed by atoms with Crippen molar-refractivity contribution in [3.8, 4) is 11.5 Å². The highest BCUT2D eigenvalue weighted by atomic mass is 16.3. The molecule has 1 amide bonds. The number of aromatic nitrogens is 3. The van der Waals surface area contributed by atoms with Gasteiger partial charge in [0.2, 0.25) is 5.95 Å². The highest BCUT2D eigenvalue weighted by Crippen LogP contribution is 2.28. The summed E-state index contributed by atoms with van der Waals surface area (Å²) in [7, 11) is 0. The monoisotopic (exact) mass is 260 g/mol. The van der Waals surface area contributed by atoms with Crippen LogP contribution in [0, 0.1) is 13.8 Å². The van der Waals surface area contributed by atoms with Crippen LogP contribution < -0.4 is 5.32 Å². The number of para-hydroxylation sites is 1. The lowest BCUT2D eigenvalue weighted by Gasteiger charge is -2.07. The first-order valence-corrected chi connectivity index (χ1v) is 5.49. The molecule has 0 atom stereocenters. The summed E-state index contributed by atoms with van der Waals surface area (Å²) in [6.07, 6.45) is 0. The fourth-order valence-electron chi connectivity index (χ4n) is 1.39. The zero-order chi connectivity index (χ0) is 14.0. The Bertz CT molecular complexity index is 643. The first kappa shape index (κ1) is 12.7. The van der Waals surface area contributed by atoms with Crippen LogP contribution in [0.1, 0.15) is 21.7 Å². The van der Waals surface area contributed by atoms with Gasteiger partial charge in [0.25, 0.3) is 5.91 Å².